The zero-order valence-corrected chi connectivity index (χ0v) is 18.5. The molecule has 0 unspecified atom stereocenters. The predicted molar refractivity (Wildman–Crippen MR) is 138 cm³/mol. The van der Waals surface area contributed by atoms with Crippen LogP contribution >= 0.6 is 11.6 Å². The maximum Gasteiger partial charge on any atom is 0.161 e. The van der Waals surface area contributed by atoms with Gasteiger partial charge in [-0.15, -0.1) is 0 Å². The van der Waals surface area contributed by atoms with E-state index >= 15 is 0 Å². The van der Waals surface area contributed by atoms with Crippen molar-refractivity contribution in [1.82, 2.24) is 9.97 Å². The molecular weight excluding hydrogens is 424 g/mol. The average Bonchev–Trinajstić information content (AvgIpc) is 2.89. The Labute approximate surface area is 197 Å². The molecule has 1 heterocycles. The predicted octanol–water partition coefficient (Wildman–Crippen LogP) is 8.44. The summed E-state index contributed by atoms with van der Waals surface area (Å²) in [7, 11) is 0. The maximum absolute atomic E-state index is 6.75. The third kappa shape index (κ3) is 3.65. The van der Waals surface area contributed by atoms with Crippen LogP contribution in [0.4, 0.5) is 0 Å². The molecule has 0 N–H and O–H groups in total. The fourth-order valence-electron chi connectivity index (χ4n) is 4.34. The Morgan fingerprint density at radius 3 is 1.73 bits per heavy atom. The smallest absolute Gasteiger partial charge is 0.161 e. The van der Waals surface area contributed by atoms with Gasteiger partial charge in [-0.1, -0.05) is 103 Å². The Hall–Kier alpha value is -4.01. The lowest BCUT2D eigenvalue weighted by Gasteiger charge is -2.12. The van der Waals surface area contributed by atoms with Crippen molar-refractivity contribution in [3.05, 3.63) is 120 Å². The van der Waals surface area contributed by atoms with Crippen LogP contribution in [0.5, 0.6) is 0 Å². The van der Waals surface area contributed by atoms with Crippen molar-refractivity contribution in [3.8, 4) is 33.6 Å². The summed E-state index contributed by atoms with van der Waals surface area (Å²) in [5.74, 6) is 0.623. The van der Waals surface area contributed by atoms with Crippen LogP contribution in [-0.2, 0) is 0 Å². The maximum atomic E-state index is 6.75. The Morgan fingerprint density at radius 1 is 0.485 bits per heavy atom. The van der Waals surface area contributed by atoms with E-state index in [2.05, 4.69) is 84.9 Å². The summed E-state index contributed by atoms with van der Waals surface area (Å²) in [6.45, 7) is 0. The first-order valence-corrected chi connectivity index (χ1v) is 11.3. The molecule has 0 saturated heterocycles. The highest BCUT2D eigenvalue weighted by molar-refractivity contribution is 6.36. The van der Waals surface area contributed by atoms with Crippen LogP contribution in [0.2, 0.25) is 5.15 Å². The lowest BCUT2D eigenvalue weighted by Crippen LogP contribution is -1.94. The van der Waals surface area contributed by atoms with Crippen LogP contribution in [0.3, 0.4) is 0 Å². The van der Waals surface area contributed by atoms with Crippen molar-refractivity contribution in [3.63, 3.8) is 0 Å². The highest BCUT2D eigenvalue weighted by Crippen LogP contribution is 2.35. The molecule has 3 heteroatoms. The first kappa shape index (κ1) is 19.7. The van der Waals surface area contributed by atoms with E-state index in [-0.39, 0.29) is 0 Å². The van der Waals surface area contributed by atoms with Crippen LogP contribution in [0.1, 0.15) is 0 Å². The number of benzene rings is 5. The van der Waals surface area contributed by atoms with Gasteiger partial charge in [-0.25, -0.2) is 9.97 Å². The summed E-state index contributed by atoms with van der Waals surface area (Å²) in [6.07, 6.45) is 0. The molecule has 6 rings (SSSR count). The Kier molecular flexibility index (Phi) is 4.86. The minimum atomic E-state index is 0.471. The normalized spacial score (nSPS) is 11.2. The number of aromatic nitrogens is 2. The second-order valence-corrected chi connectivity index (χ2v) is 8.41. The lowest BCUT2D eigenvalue weighted by molar-refractivity contribution is 1.23. The zero-order chi connectivity index (χ0) is 22.2. The van der Waals surface area contributed by atoms with E-state index in [9.17, 15) is 0 Å². The molecule has 0 aliphatic rings. The minimum Gasteiger partial charge on any atom is -0.228 e. The minimum absolute atomic E-state index is 0.471. The monoisotopic (exact) mass is 442 g/mol. The Morgan fingerprint density at radius 2 is 1.06 bits per heavy atom. The molecule has 0 aliphatic heterocycles. The summed E-state index contributed by atoms with van der Waals surface area (Å²) in [4.78, 5) is 9.68. The summed E-state index contributed by atoms with van der Waals surface area (Å²) >= 11 is 6.75. The second kappa shape index (κ2) is 8.16. The molecule has 0 amide bonds. The van der Waals surface area contributed by atoms with E-state index in [0.717, 1.165) is 49.5 Å². The highest BCUT2D eigenvalue weighted by Gasteiger charge is 2.13. The van der Waals surface area contributed by atoms with E-state index < -0.39 is 0 Å². The van der Waals surface area contributed by atoms with Crippen molar-refractivity contribution >= 4 is 33.3 Å². The molecule has 0 spiro atoms. The van der Waals surface area contributed by atoms with Gasteiger partial charge in [0.1, 0.15) is 5.15 Å². The van der Waals surface area contributed by atoms with Crippen molar-refractivity contribution in [2.45, 2.75) is 0 Å². The van der Waals surface area contributed by atoms with Crippen LogP contribution in [0, 0.1) is 0 Å². The van der Waals surface area contributed by atoms with Crippen molar-refractivity contribution in [2.24, 2.45) is 0 Å². The highest BCUT2D eigenvalue weighted by atomic mass is 35.5. The molecular formula is C30H19ClN2. The van der Waals surface area contributed by atoms with Gasteiger partial charge in [-0.05, 0) is 57.3 Å². The summed E-state index contributed by atoms with van der Waals surface area (Å²) in [6, 6.07) is 39.5. The van der Waals surface area contributed by atoms with Gasteiger partial charge in [-0.3, -0.25) is 0 Å². The third-order valence-corrected chi connectivity index (χ3v) is 6.22. The van der Waals surface area contributed by atoms with Crippen LogP contribution in [0.25, 0.3) is 55.3 Å². The number of hydrogen-bond donors (Lipinski definition) is 0. The summed E-state index contributed by atoms with van der Waals surface area (Å²) in [5.41, 5.74) is 6.31. The molecule has 1 aromatic heterocycles. The van der Waals surface area contributed by atoms with Gasteiger partial charge in [0.05, 0.1) is 5.52 Å². The number of fused-ring (bicyclic) bond motifs is 3. The largest absolute Gasteiger partial charge is 0.228 e. The fraction of sp³-hybridized carbons (Fsp3) is 0. The van der Waals surface area contributed by atoms with Gasteiger partial charge < -0.3 is 0 Å². The quantitative estimate of drug-likeness (QED) is 0.203. The number of hydrogen-bond acceptors (Lipinski definition) is 2. The van der Waals surface area contributed by atoms with E-state index in [4.69, 9.17) is 21.6 Å². The summed E-state index contributed by atoms with van der Waals surface area (Å²) < 4.78 is 0. The van der Waals surface area contributed by atoms with Crippen molar-refractivity contribution in [2.75, 3.05) is 0 Å². The average molecular weight is 443 g/mol. The van der Waals surface area contributed by atoms with Gasteiger partial charge in [0.15, 0.2) is 5.82 Å². The van der Waals surface area contributed by atoms with Crippen LogP contribution in [0.15, 0.2) is 115 Å². The molecule has 0 fully saturated rings. The van der Waals surface area contributed by atoms with E-state index in [1.165, 1.54) is 0 Å². The van der Waals surface area contributed by atoms with Gasteiger partial charge in [-0.2, -0.15) is 0 Å². The molecule has 0 atom stereocenters. The molecule has 6 aromatic rings. The second-order valence-electron chi connectivity index (χ2n) is 8.05. The summed E-state index contributed by atoms with van der Waals surface area (Å²) in [5, 5.41) is 3.55. The molecule has 5 aromatic carbocycles. The molecule has 0 aliphatic carbocycles. The standard InChI is InChI=1S/C30H19ClN2/c31-29-28-26-14-8-7-13-22(26)15-16-27(28)32-30(33-29)25-18-23(20-9-3-1-4-10-20)17-24(19-25)21-11-5-2-6-12-21/h1-19H. The van der Waals surface area contributed by atoms with Gasteiger partial charge in [0, 0.05) is 10.9 Å². The lowest BCUT2D eigenvalue weighted by atomic mass is 9.96. The molecule has 156 valence electrons. The number of rotatable bonds is 3. The first-order valence-electron chi connectivity index (χ1n) is 10.9. The molecule has 2 nitrogen and oxygen atoms in total. The Bertz CT molecular complexity index is 1550. The van der Waals surface area contributed by atoms with Crippen molar-refractivity contribution in [1.29, 1.82) is 0 Å². The van der Waals surface area contributed by atoms with E-state index in [1.807, 2.05) is 30.3 Å². The van der Waals surface area contributed by atoms with Gasteiger partial charge in [0.25, 0.3) is 0 Å². The van der Waals surface area contributed by atoms with Gasteiger partial charge >= 0.3 is 0 Å². The molecule has 33 heavy (non-hydrogen) atoms. The van der Waals surface area contributed by atoms with E-state index in [1.54, 1.807) is 0 Å². The fourth-order valence-corrected chi connectivity index (χ4v) is 4.62. The number of nitrogens with zero attached hydrogens (tertiary/aromatic N) is 2. The van der Waals surface area contributed by atoms with Crippen molar-refractivity contribution < 1.29 is 0 Å². The molecule has 0 saturated carbocycles. The first-order chi connectivity index (χ1) is 16.3. The SMILES string of the molecule is Clc1nc(-c2cc(-c3ccccc3)cc(-c3ccccc3)c2)nc2ccc3ccccc3c12. The number of halogens is 1. The third-order valence-electron chi connectivity index (χ3n) is 5.95. The molecule has 0 bridgehead atoms. The van der Waals surface area contributed by atoms with Crippen LogP contribution < -0.4 is 0 Å². The van der Waals surface area contributed by atoms with Gasteiger partial charge in [0.2, 0.25) is 0 Å². The molecule has 0 radical (unpaired) electrons. The van der Waals surface area contributed by atoms with Crippen LogP contribution in [-0.4, -0.2) is 9.97 Å². The zero-order valence-electron chi connectivity index (χ0n) is 17.7. The Balaban J connectivity index is 1.59. The van der Waals surface area contributed by atoms with E-state index in [0.29, 0.717) is 11.0 Å². The topological polar surface area (TPSA) is 25.8 Å².